The topological polar surface area (TPSA) is 37.8 Å². The summed E-state index contributed by atoms with van der Waals surface area (Å²) in [4.78, 5) is 11.4. The molecule has 2 aromatic rings. The van der Waals surface area contributed by atoms with E-state index in [1.165, 1.54) is 16.0 Å². The molecule has 0 amide bonds. The van der Waals surface area contributed by atoms with Gasteiger partial charge in [0.05, 0.1) is 5.69 Å². The SMILES string of the molecule is CCc1cc2c(CC(NC)C(C)C)ncnc2s1. The van der Waals surface area contributed by atoms with Crippen molar-refractivity contribution in [1.82, 2.24) is 15.3 Å². The summed E-state index contributed by atoms with van der Waals surface area (Å²) in [5.74, 6) is 0.601. The van der Waals surface area contributed by atoms with Gasteiger partial charge in [-0.15, -0.1) is 11.3 Å². The number of likely N-dealkylation sites (N-methyl/N-ethyl adjacent to an activating group) is 1. The molecule has 0 aliphatic rings. The Balaban J connectivity index is 2.35. The smallest absolute Gasteiger partial charge is 0.127 e. The predicted octanol–water partition coefficient (Wildman–Crippen LogP) is 3.04. The summed E-state index contributed by atoms with van der Waals surface area (Å²) in [5, 5.41) is 4.61. The lowest BCUT2D eigenvalue weighted by Gasteiger charge is -2.19. The Morgan fingerprint density at radius 3 is 2.72 bits per heavy atom. The van der Waals surface area contributed by atoms with Crippen LogP contribution in [0.3, 0.4) is 0 Å². The van der Waals surface area contributed by atoms with Gasteiger partial charge in [-0.25, -0.2) is 9.97 Å². The third kappa shape index (κ3) is 2.70. The van der Waals surface area contributed by atoms with Gasteiger partial charge in [-0.2, -0.15) is 0 Å². The van der Waals surface area contributed by atoms with E-state index in [1.54, 1.807) is 17.7 Å². The number of nitrogens with zero attached hydrogens (tertiary/aromatic N) is 2. The Labute approximate surface area is 113 Å². The van der Waals surface area contributed by atoms with Gasteiger partial charge in [0, 0.05) is 22.7 Å². The Morgan fingerprint density at radius 2 is 2.11 bits per heavy atom. The van der Waals surface area contributed by atoms with Crippen LogP contribution in [-0.4, -0.2) is 23.1 Å². The van der Waals surface area contributed by atoms with E-state index in [2.05, 4.69) is 42.1 Å². The molecule has 0 radical (unpaired) electrons. The van der Waals surface area contributed by atoms with E-state index in [-0.39, 0.29) is 0 Å². The lowest BCUT2D eigenvalue weighted by atomic mass is 9.98. The highest BCUT2D eigenvalue weighted by atomic mass is 32.1. The van der Waals surface area contributed by atoms with Crippen LogP contribution in [0.15, 0.2) is 12.4 Å². The molecule has 18 heavy (non-hydrogen) atoms. The van der Waals surface area contributed by atoms with E-state index in [0.29, 0.717) is 12.0 Å². The molecule has 0 bridgehead atoms. The van der Waals surface area contributed by atoms with Crippen molar-refractivity contribution in [2.75, 3.05) is 7.05 Å². The van der Waals surface area contributed by atoms with Crippen molar-refractivity contribution < 1.29 is 0 Å². The summed E-state index contributed by atoms with van der Waals surface area (Å²) in [7, 11) is 2.02. The Kier molecular flexibility index (Phi) is 4.30. The van der Waals surface area contributed by atoms with E-state index >= 15 is 0 Å². The monoisotopic (exact) mass is 263 g/mol. The lowest BCUT2D eigenvalue weighted by Crippen LogP contribution is -2.33. The number of fused-ring (bicyclic) bond motifs is 1. The molecular weight excluding hydrogens is 242 g/mol. The highest BCUT2D eigenvalue weighted by Gasteiger charge is 2.15. The number of aryl methyl sites for hydroxylation is 1. The fourth-order valence-electron chi connectivity index (χ4n) is 2.17. The van der Waals surface area contributed by atoms with Crippen molar-refractivity contribution in [3.63, 3.8) is 0 Å². The van der Waals surface area contributed by atoms with Crippen molar-refractivity contribution >= 4 is 21.6 Å². The average molecular weight is 263 g/mol. The average Bonchev–Trinajstić information content (AvgIpc) is 2.79. The molecule has 0 fully saturated rings. The zero-order valence-electron chi connectivity index (χ0n) is 11.5. The third-order valence-electron chi connectivity index (χ3n) is 3.40. The first-order valence-corrected chi connectivity index (χ1v) is 7.36. The van der Waals surface area contributed by atoms with Gasteiger partial charge in [0.15, 0.2) is 0 Å². The van der Waals surface area contributed by atoms with Gasteiger partial charge in [0.25, 0.3) is 0 Å². The zero-order chi connectivity index (χ0) is 13.1. The van der Waals surface area contributed by atoms with Crippen LogP contribution in [0, 0.1) is 5.92 Å². The molecule has 2 heterocycles. The van der Waals surface area contributed by atoms with Gasteiger partial charge >= 0.3 is 0 Å². The molecule has 98 valence electrons. The maximum atomic E-state index is 4.48. The van der Waals surface area contributed by atoms with Gasteiger partial charge in [-0.05, 0) is 25.5 Å². The first-order chi connectivity index (χ1) is 8.65. The third-order valence-corrected chi connectivity index (χ3v) is 4.59. The molecule has 0 saturated carbocycles. The molecule has 1 unspecified atom stereocenters. The molecule has 1 N–H and O–H groups in total. The van der Waals surface area contributed by atoms with Crippen LogP contribution in [0.5, 0.6) is 0 Å². The normalized spacial score (nSPS) is 13.4. The van der Waals surface area contributed by atoms with E-state index in [9.17, 15) is 0 Å². The van der Waals surface area contributed by atoms with E-state index in [4.69, 9.17) is 0 Å². The van der Waals surface area contributed by atoms with Crippen molar-refractivity contribution in [3.05, 3.63) is 23.0 Å². The number of hydrogen-bond donors (Lipinski definition) is 1. The van der Waals surface area contributed by atoms with Gasteiger partial charge < -0.3 is 5.32 Å². The van der Waals surface area contributed by atoms with Gasteiger partial charge in [0.2, 0.25) is 0 Å². The summed E-state index contributed by atoms with van der Waals surface area (Å²) in [6.45, 7) is 6.66. The zero-order valence-corrected chi connectivity index (χ0v) is 12.3. The second-order valence-electron chi connectivity index (χ2n) is 4.95. The minimum absolute atomic E-state index is 0.466. The molecule has 0 aliphatic carbocycles. The van der Waals surface area contributed by atoms with Gasteiger partial charge in [-0.3, -0.25) is 0 Å². The molecule has 0 aromatic carbocycles. The summed E-state index contributed by atoms with van der Waals surface area (Å²) in [6, 6.07) is 2.72. The number of aromatic nitrogens is 2. The lowest BCUT2D eigenvalue weighted by molar-refractivity contribution is 0.422. The minimum Gasteiger partial charge on any atom is -0.316 e. The fourth-order valence-corrected chi connectivity index (χ4v) is 3.13. The summed E-state index contributed by atoms with van der Waals surface area (Å²) in [6.07, 6.45) is 3.73. The van der Waals surface area contributed by atoms with E-state index < -0.39 is 0 Å². The molecule has 2 rings (SSSR count). The largest absolute Gasteiger partial charge is 0.316 e. The van der Waals surface area contributed by atoms with Crippen LogP contribution in [0.25, 0.3) is 10.2 Å². The second-order valence-corrected chi connectivity index (χ2v) is 6.06. The molecule has 0 aliphatic heterocycles. The van der Waals surface area contributed by atoms with E-state index in [0.717, 1.165) is 17.7 Å². The van der Waals surface area contributed by atoms with Crippen LogP contribution in [0.2, 0.25) is 0 Å². The van der Waals surface area contributed by atoms with E-state index in [1.807, 2.05) is 7.05 Å². The highest BCUT2D eigenvalue weighted by Crippen LogP contribution is 2.26. The van der Waals surface area contributed by atoms with Crippen molar-refractivity contribution in [2.45, 2.75) is 39.7 Å². The van der Waals surface area contributed by atoms with Crippen molar-refractivity contribution in [1.29, 1.82) is 0 Å². The first-order valence-electron chi connectivity index (χ1n) is 6.55. The Morgan fingerprint density at radius 1 is 1.33 bits per heavy atom. The molecule has 3 nitrogen and oxygen atoms in total. The van der Waals surface area contributed by atoms with Crippen LogP contribution in [-0.2, 0) is 12.8 Å². The van der Waals surface area contributed by atoms with Crippen LogP contribution in [0.1, 0.15) is 31.3 Å². The first kappa shape index (κ1) is 13.4. The summed E-state index contributed by atoms with van der Waals surface area (Å²) < 4.78 is 0. The number of hydrogen-bond acceptors (Lipinski definition) is 4. The maximum absolute atomic E-state index is 4.48. The Bertz CT molecular complexity index is 519. The predicted molar refractivity (Wildman–Crippen MR) is 78.2 cm³/mol. The standard InChI is InChI=1S/C14H21N3S/c1-5-10-6-11-13(7-12(15-4)9(2)3)16-8-17-14(11)18-10/h6,8-9,12,15H,5,7H2,1-4H3. The molecule has 1 atom stereocenters. The minimum atomic E-state index is 0.466. The number of thiophene rings is 1. The van der Waals surface area contributed by atoms with Crippen LogP contribution >= 0.6 is 11.3 Å². The molecule has 0 saturated heterocycles. The molecule has 0 spiro atoms. The molecule has 2 aromatic heterocycles. The Hall–Kier alpha value is -1.00. The van der Waals surface area contributed by atoms with Crippen LogP contribution < -0.4 is 5.32 Å². The van der Waals surface area contributed by atoms with Crippen molar-refractivity contribution in [2.24, 2.45) is 5.92 Å². The highest BCUT2D eigenvalue weighted by molar-refractivity contribution is 7.18. The summed E-state index contributed by atoms with van der Waals surface area (Å²) >= 11 is 1.78. The number of nitrogens with one attached hydrogen (secondary N) is 1. The molecular formula is C14H21N3S. The van der Waals surface area contributed by atoms with Crippen molar-refractivity contribution in [3.8, 4) is 0 Å². The summed E-state index contributed by atoms with van der Waals surface area (Å²) in [5.41, 5.74) is 1.17. The maximum Gasteiger partial charge on any atom is 0.127 e. The fraction of sp³-hybridized carbons (Fsp3) is 0.571. The van der Waals surface area contributed by atoms with Gasteiger partial charge in [0.1, 0.15) is 11.2 Å². The van der Waals surface area contributed by atoms with Crippen LogP contribution in [0.4, 0.5) is 0 Å². The number of rotatable bonds is 5. The molecule has 4 heteroatoms. The van der Waals surface area contributed by atoms with Gasteiger partial charge in [-0.1, -0.05) is 20.8 Å². The second kappa shape index (κ2) is 5.76. The quantitative estimate of drug-likeness (QED) is 0.901.